The van der Waals surface area contributed by atoms with E-state index in [2.05, 4.69) is 25.9 Å². The van der Waals surface area contributed by atoms with Crippen molar-refractivity contribution in [3.63, 3.8) is 0 Å². The van der Waals surface area contributed by atoms with Crippen LogP contribution in [0.2, 0.25) is 0 Å². The SMILES string of the molecule is O=C(NCc1ccc(C(F)(F)F)nc1)c1cn(CC(F)CCn2ccc(NC(=O)C3CCCC3)c(F)c2=O)nn1. The van der Waals surface area contributed by atoms with Gasteiger partial charge in [-0.05, 0) is 37.0 Å². The van der Waals surface area contributed by atoms with Gasteiger partial charge in [-0.1, -0.05) is 24.1 Å². The molecule has 1 aliphatic rings. The van der Waals surface area contributed by atoms with Crippen LogP contribution in [0.3, 0.4) is 0 Å². The van der Waals surface area contributed by atoms with Crippen LogP contribution in [-0.4, -0.2) is 42.5 Å². The molecule has 2 amide bonds. The second-order valence-electron chi connectivity index (χ2n) is 9.46. The summed E-state index contributed by atoms with van der Waals surface area (Å²) in [6.45, 7) is -0.552. The number of nitrogens with one attached hydrogen (secondary N) is 2. The first-order chi connectivity index (χ1) is 19.0. The fourth-order valence-electron chi connectivity index (χ4n) is 4.28. The second kappa shape index (κ2) is 12.3. The third-order valence-electron chi connectivity index (χ3n) is 6.50. The van der Waals surface area contributed by atoms with Gasteiger partial charge in [-0.25, -0.2) is 9.07 Å². The number of hydrogen-bond donors (Lipinski definition) is 2. The molecule has 0 aromatic carbocycles. The summed E-state index contributed by atoms with van der Waals surface area (Å²) in [6, 6.07) is 3.24. The van der Waals surface area contributed by atoms with Crippen LogP contribution in [0, 0.1) is 11.7 Å². The summed E-state index contributed by atoms with van der Waals surface area (Å²) in [5, 5.41) is 12.3. The third kappa shape index (κ3) is 7.27. The quantitative estimate of drug-likeness (QED) is 0.362. The predicted molar refractivity (Wildman–Crippen MR) is 131 cm³/mol. The molecule has 1 aliphatic carbocycles. The van der Waals surface area contributed by atoms with Crippen LogP contribution in [0.15, 0.2) is 41.6 Å². The highest BCUT2D eigenvalue weighted by atomic mass is 19.4. The van der Waals surface area contributed by atoms with Crippen LogP contribution in [-0.2, 0) is 30.6 Å². The zero-order valence-electron chi connectivity index (χ0n) is 21.1. The van der Waals surface area contributed by atoms with E-state index in [0.717, 1.165) is 47.2 Å². The van der Waals surface area contributed by atoms with Crippen LogP contribution >= 0.6 is 0 Å². The fraction of sp³-hybridized carbons (Fsp3) is 0.440. The lowest BCUT2D eigenvalue weighted by Crippen LogP contribution is -2.28. The third-order valence-corrected chi connectivity index (χ3v) is 6.50. The van der Waals surface area contributed by atoms with Crippen molar-refractivity contribution in [2.24, 2.45) is 5.92 Å². The van der Waals surface area contributed by atoms with Crippen LogP contribution < -0.4 is 16.2 Å². The number of carbonyl (C=O) groups is 2. The summed E-state index contributed by atoms with van der Waals surface area (Å²) in [6.07, 6.45) is 0.513. The van der Waals surface area contributed by atoms with Gasteiger partial charge in [0, 0.05) is 31.4 Å². The Bertz CT molecular complexity index is 1400. The van der Waals surface area contributed by atoms with Crippen LogP contribution in [0.4, 0.5) is 27.6 Å². The van der Waals surface area contributed by atoms with E-state index >= 15 is 0 Å². The highest BCUT2D eigenvalue weighted by Crippen LogP contribution is 2.27. The van der Waals surface area contributed by atoms with E-state index in [-0.39, 0.29) is 49.3 Å². The van der Waals surface area contributed by atoms with E-state index in [1.807, 2.05) is 0 Å². The van der Waals surface area contributed by atoms with E-state index in [0.29, 0.717) is 5.56 Å². The summed E-state index contributed by atoms with van der Waals surface area (Å²) in [5.74, 6) is -2.32. The van der Waals surface area contributed by atoms with Crippen molar-refractivity contribution in [3.05, 3.63) is 69.9 Å². The van der Waals surface area contributed by atoms with Gasteiger partial charge in [0.1, 0.15) is 11.9 Å². The molecule has 0 bridgehead atoms. The minimum atomic E-state index is -4.57. The highest BCUT2D eigenvalue weighted by molar-refractivity contribution is 5.92. The highest BCUT2D eigenvalue weighted by Gasteiger charge is 2.32. The number of nitrogens with zero attached hydrogens (tertiary/aromatic N) is 5. The standard InChI is InChI=1S/C25H26F5N7O3/c26-17(7-9-36-10-8-18(21(27)24(36)40)33-22(38)16-3-1-2-4-16)13-37-14-19(34-35-37)23(39)32-12-15-5-6-20(31-11-15)25(28,29)30/h5-6,8,10-11,14,16-17H,1-4,7,9,12-13H2,(H,32,39)(H,33,38). The maximum atomic E-state index is 14.6. The smallest absolute Gasteiger partial charge is 0.346 e. The Kier molecular flexibility index (Phi) is 8.90. The Balaban J connectivity index is 1.25. The predicted octanol–water partition coefficient (Wildman–Crippen LogP) is 3.48. The zero-order chi connectivity index (χ0) is 28.9. The number of hydrogen-bond acceptors (Lipinski definition) is 6. The summed E-state index contributed by atoms with van der Waals surface area (Å²) < 4.78 is 69.0. The van der Waals surface area contributed by atoms with E-state index < -0.39 is 35.3 Å². The maximum absolute atomic E-state index is 14.6. The summed E-state index contributed by atoms with van der Waals surface area (Å²) >= 11 is 0. The summed E-state index contributed by atoms with van der Waals surface area (Å²) in [7, 11) is 0. The summed E-state index contributed by atoms with van der Waals surface area (Å²) in [5.41, 5.74) is -2.06. The topological polar surface area (TPSA) is 124 Å². The van der Waals surface area contributed by atoms with Crippen molar-refractivity contribution in [1.82, 2.24) is 29.9 Å². The molecule has 2 N–H and O–H groups in total. The molecule has 1 atom stereocenters. The first kappa shape index (κ1) is 28.8. The molecular weight excluding hydrogens is 541 g/mol. The molecule has 214 valence electrons. The normalized spacial score (nSPS) is 14.7. The largest absolute Gasteiger partial charge is 0.433 e. The Morgan fingerprint density at radius 3 is 2.58 bits per heavy atom. The molecular formula is C25H26F5N7O3. The van der Waals surface area contributed by atoms with Gasteiger partial charge >= 0.3 is 6.18 Å². The fourth-order valence-corrected chi connectivity index (χ4v) is 4.28. The van der Waals surface area contributed by atoms with Gasteiger partial charge in [-0.2, -0.15) is 17.6 Å². The summed E-state index contributed by atoms with van der Waals surface area (Å²) in [4.78, 5) is 40.2. The Hall–Kier alpha value is -4.17. The Morgan fingerprint density at radius 1 is 1.15 bits per heavy atom. The average Bonchev–Trinajstić information content (AvgIpc) is 3.62. The van der Waals surface area contributed by atoms with Crippen molar-refractivity contribution in [2.45, 2.75) is 64.1 Å². The maximum Gasteiger partial charge on any atom is 0.433 e. The first-order valence-electron chi connectivity index (χ1n) is 12.6. The van der Waals surface area contributed by atoms with Crippen LogP contribution in [0.5, 0.6) is 0 Å². The average molecular weight is 568 g/mol. The lowest BCUT2D eigenvalue weighted by Gasteiger charge is -2.13. The van der Waals surface area contributed by atoms with Crippen molar-refractivity contribution < 1.29 is 31.5 Å². The van der Waals surface area contributed by atoms with Crippen LogP contribution in [0.25, 0.3) is 0 Å². The van der Waals surface area contributed by atoms with Crippen molar-refractivity contribution in [3.8, 4) is 0 Å². The van der Waals surface area contributed by atoms with Gasteiger partial charge < -0.3 is 15.2 Å². The number of pyridine rings is 2. The molecule has 3 heterocycles. The van der Waals surface area contributed by atoms with E-state index in [1.54, 1.807) is 0 Å². The number of carbonyl (C=O) groups excluding carboxylic acids is 2. The molecule has 0 spiro atoms. The number of halogens is 5. The number of amides is 2. The minimum absolute atomic E-state index is 0.114. The molecule has 1 unspecified atom stereocenters. The van der Waals surface area contributed by atoms with Crippen molar-refractivity contribution in [1.29, 1.82) is 0 Å². The molecule has 3 aromatic heterocycles. The van der Waals surface area contributed by atoms with Gasteiger partial charge in [-0.15, -0.1) is 5.10 Å². The Labute approximate surface area is 224 Å². The van der Waals surface area contributed by atoms with E-state index in [9.17, 15) is 36.3 Å². The molecule has 4 rings (SSSR count). The molecule has 40 heavy (non-hydrogen) atoms. The molecule has 0 aliphatic heterocycles. The number of anilines is 1. The Morgan fingerprint density at radius 2 is 1.90 bits per heavy atom. The molecule has 0 radical (unpaired) electrons. The number of aromatic nitrogens is 5. The monoisotopic (exact) mass is 567 g/mol. The minimum Gasteiger partial charge on any atom is -0.346 e. The number of aryl methyl sites for hydroxylation is 1. The van der Waals surface area contributed by atoms with Crippen molar-refractivity contribution in [2.75, 3.05) is 5.32 Å². The van der Waals surface area contributed by atoms with Gasteiger partial charge in [-0.3, -0.25) is 19.4 Å². The van der Waals surface area contributed by atoms with Gasteiger partial charge in [0.25, 0.3) is 11.5 Å². The zero-order valence-corrected chi connectivity index (χ0v) is 21.1. The molecule has 1 fully saturated rings. The van der Waals surface area contributed by atoms with Gasteiger partial charge in [0.15, 0.2) is 5.69 Å². The first-order valence-corrected chi connectivity index (χ1v) is 12.6. The van der Waals surface area contributed by atoms with E-state index in [1.165, 1.54) is 24.5 Å². The van der Waals surface area contributed by atoms with Gasteiger partial charge in [0.05, 0.1) is 18.4 Å². The molecule has 0 saturated heterocycles. The van der Waals surface area contributed by atoms with E-state index in [4.69, 9.17) is 0 Å². The van der Waals surface area contributed by atoms with Crippen molar-refractivity contribution >= 4 is 17.5 Å². The second-order valence-corrected chi connectivity index (χ2v) is 9.46. The molecule has 15 heteroatoms. The molecule has 10 nitrogen and oxygen atoms in total. The lowest BCUT2D eigenvalue weighted by atomic mass is 10.1. The molecule has 1 saturated carbocycles. The lowest BCUT2D eigenvalue weighted by molar-refractivity contribution is -0.141. The number of alkyl halides is 4. The van der Waals surface area contributed by atoms with Crippen LogP contribution in [0.1, 0.15) is 53.8 Å². The molecule has 3 aromatic rings. The van der Waals surface area contributed by atoms with Gasteiger partial charge in [0.2, 0.25) is 11.7 Å². The number of rotatable bonds is 10.